The second kappa shape index (κ2) is 10.2. The number of rotatable bonds is 10. The molecule has 0 bridgehead atoms. The number of aromatic nitrogens is 2. The highest BCUT2D eigenvalue weighted by atomic mass is 35.5. The fourth-order valence-corrected chi connectivity index (χ4v) is 3.46. The Kier molecular flexibility index (Phi) is 7.38. The summed E-state index contributed by atoms with van der Waals surface area (Å²) in [6, 6.07) is 16.4. The first-order valence-corrected chi connectivity index (χ1v) is 10.3. The number of benzene rings is 2. The van der Waals surface area contributed by atoms with E-state index in [0.29, 0.717) is 0 Å². The summed E-state index contributed by atoms with van der Waals surface area (Å²) in [5.74, 6) is 0.908. The largest absolute Gasteiger partial charge is 0.488 e. The van der Waals surface area contributed by atoms with Gasteiger partial charge in [-0.25, -0.2) is 4.98 Å². The van der Waals surface area contributed by atoms with Gasteiger partial charge in [-0.1, -0.05) is 29.8 Å². The Bertz CT molecular complexity index is 829. The summed E-state index contributed by atoms with van der Waals surface area (Å²) >= 11 is 6.00. The molecular weight excluding hydrogens is 370 g/mol. The van der Waals surface area contributed by atoms with Crippen LogP contribution in [0.1, 0.15) is 25.8 Å². The van der Waals surface area contributed by atoms with Gasteiger partial charge < -0.3 is 14.2 Å². The monoisotopic (exact) mass is 397 g/mol. The zero-order chi connectivity index (χ0) is 19.8. The minimum atomic E-state index is 0.0526. The number of hydrogen-bond acceptors (Lipinski definition) is 3. The fraction of sp³-hybridized carbons (Fsp3) is 0.348. The Labute approximate surface area is 172 Å². The summed E-state index contributed by atoms with van der Waals surface area (Å²) in [7, 11) is 0. The maximum absolute atomic E-state index is 6.41. The average molecular weight is 398 g/mol. The van der Waals surface area contributed by atoms with Gasteiger partial charge in [0.05, 0.1) is 12.9 Å². The predicted octanol–water partition coefficient (Wildman–Crippen LogP) is 5.46. The molecule has 28 heavy (non-hydrogen) atoms. The molecule has 0 saturated carbocycles. The van der Waals surface area contributed by atoms with Crippen molar-refractivity contribution in [2.45, 2.75) is 39.3 Å². The molecule has 0 amide bonds. The highest BCUT2D eigenvalue weighted by Crippen LogP contribution is 2.23. The van der Waals surface area contributed by atoms with Crippen LogP contribution in [0, 0.1) is 0 Å². The van der Waals surface area contributed by atoms with E-state index in [-0.39, 0.29) is 6.10 Å². The van der Waals surface area contributed by atoms with E-state index in [1.165, 1.54) is 11.3 Å². The van der Waals surface area contributed by atoms with Gasteiger partial charge in [-0.15, -0.1) is 0 Å². The zero-order valence-corrected chi connectivity index (χ0v) is 17.3. The van der Waals surface area contributed by atoms with E-state index in [9.17, 15) is 0 Å². The lowest BCUT2D eigenvalue weighted by molar-refractivity contribution is 0.170. The molecule has 1 atom stereocenters. The molecular formula is C23H28ClN3O. The first kappa shape index (κ1) is 20.3. The molecule has 0 fully saturated rings. The van der Waals surface area contributed by atoms with E-state index in [4.69, 9.17) is 16.3 Å². The van der Waals surface area contributed by atoms with Crippen LogP contribution in [0.5, 0.6) is 5.75 Å². The topological polar surface area (TPSA) is 30.3 Å². The van der Waals surface area contributed by atoms with Crippen LogP contribution in [0.15, 0.2) is 67.3 Å². The van der Waals surface area contributed by atoms with Crippen LogP contribution in [-0.4, -0.2) is 28.7 Å². The molecule has 1 heterocycles. The van der Waals surface area contributed by atoms with Gasteiger partial charge in [0.2, 0.25) is 0 Å². The van der Waals surface area contributed by atoms with Crippen LogP contribution in [-0.2, 0) is 13.0 Å². The van der Waals surface area contributed by atoms with Crippen molar-refractivity contribution in [1.29, 1.82) is 0 Å². The van der Waals surface area contributed by atoms with E-state index in [0.717, 1.165) is 43.2 Å². The Morgan fingerprint density at radius 1 is 1.11 bits per heavy atom. The van der Waals surface area contributed by atoms with Gasteiger partial charge in [-0.2, -0.15) is 0 Å². The number of aryl methyl sites for hydroxylation is 1. The van der Waals surface area contributed by atoms with Crippen molar-refractivity contribution in [3.05, 3.63) is 77.8 Å². The van der Waals surface area contributed by atoms with Gasteiger partial charge in [0.1, 0.15) is 11.9 Å². The molecule has 0 N–H and O–H groups in total. The molecule has 0 spiro atoms. The highest BCUT2D eigenvalue weighted by Gasteiger charge is 2.13. The van der Waals surface area contributed by atoms with Gasteiger partial charge in [0, 0.05) is 42.3 Å². The van der Waals surface area contributed by atoms with Gasteiger partial charge in [-0.05, 0) is 56.5 Å². The summed E-state index contributed by atoms with van der Waals surface area (Å²) in [5.41, 5.74) is 2.46. The number of hydrogen-bond donors (Lipinski definition) is 0. The van der Waals surface area contributed by atoms with Crippen LogP contribution in [0.25, 0.3) is 0 Å². The van der Waals surface area contributed by atoms with E-state index in [1.807, 2.05) is 30.7 Å². The minimum Gasteiger partial charge on any atom is -0.488 e. The fourth-order valence-electron chi connectivity index (χ4n) is 3.33. The van der Waals surface area contributed by atoms with Gasteiger partial charge in [-0.3, -0.25) is 0 Å². The Morgan fingerprint density at radius 2 is 1.89 bits per heavy atom. The van der Waals surface area contributed by atoms with Crippen LogP contribution in [0.4, 0.5) is 5.69 Å². The van der Waals surface area contributed by atoms with Crippen LogP contribution < -0.4 is 9.64 Å². The van der Waals surface area contributed by atoms with Crippen LogP contribution >= 0.6 is 11.6 Å². The second-order valence-corrected chi connectivity index (χ2v) is 7.27. The molecule has 1 unspecified atom stereocenters. The zero-order valence-electron chi connectivity index (χ0n) is 16.6. The van der Waals surface area contributed by atoms with Crippen LogP contribution in [0.3, 0.4) is 0 Å². The molecule has 0 aliphatic rings. The number of imidazole rings is 1. The molecule has 0 aliphatic heterocycles. The number of anilines is 1. The maximum Gasteiger partial charge on any atom is 0.121 e. The average Bonchev–Trinajstić information content (AvgIpc) is 3.22. The third kappa shape index (κ3) is 5.77. The van der Waals surface area contributed by atoms with Crippen molar-refractivity contribution < 1.29 is 4.74 Å². The van der Waals surface area contributed by atoms with Crippen molar-refractivity contribution >= 4 is 17.3 Å². The number of ether oxygens (including phenoxy) is 1. The summed E-state index contributed by atoms with van der Waals surface area (Å²) in [4.78, 5) is 6.48. The first-order valence-electron chi connectivity index (χ1n) is 9.89. The normalized spacial score (nSPS) is 12.0. The SMILES string of the molecule is CCN(CC)c1cccc(OC(CCc2ccc(Cl)cc2)Cn2ccnc2)c1. The lowest BCUT2D eigenvalue weighted by Gasteiger charge is -2.24. The summed E-state index contributed by atoms with van der Waals surface area (Å²) in [5, 5.41) is 0.767. The van der Waals surface area contributed by atoms with Crippen molar-refractivity contribution in [3.8, 4) is 5.75 Å². The van der Waals surface area contributed by atoms with Gasteiger partial charge >= 0.3 is 0 Å². The molecule has 2 aromatic carbocycles. The maximum atomic E-state index is 6.41. The summed E-state index contributed by atoms with van der Waals surface area (Å²) in [6.45, 7) is 7.07. The van der Waals surface area contributed by atoms with Gasteiger partial charge in [0.15, 0.2) is 0 Å². The lowest BCUT2D eigenvalue weighted by atomic mass is 10.1. The van der Waals surface area contributed by atoms with Crippen LogP contribution in [0.2, 0.25) is 5.02 Å². The molecule has 0 saturated heterocycles. The molecule has 0 aliphatic carbocycles. The smallest absolute Gasteiger partial charge is 0.121 e. The standard InChI is InChI=1S/C23H28ClN3O/c1-3-27(4-2)21-6-5-7-22(16-21)28-23(17-26-15-14-25-18-26)13-10-19-8-11-20(24)12-9-19/h5-9,11-12,14-16,18,23H,3-4,10,13,17H2,1-2H3. The third-order valence-electron chi connectivity index (χ3n) is 4.89. The number of halogens is 1. The molecule has 148 valence electrons. The Hall–Kier alpha value is -2.46. The summed E-state index contributed by atoms with van der Waals surface area (Å²) < 4.78 is 8.48. The Balaban J connectivity index is 1.71. The van der Waals surface area contributed by atoms with Crippen molar-refractivity contribution in [1.82, 2.24) is 9.55 Å². The Morgan fingerprint density at radius 3 is 2.57 bits per heavy atom. The number of nitrogens with zero attached hydrogens (tertiary/aromatic N) is 3. The lowest BCUT2D eigenvalue weighted by Crippen LogP contribution is -2.24. The predicted molar refractivity (Wildman–Crippen MR) is 116 cm³/mol. The molecule has 5 heteroatoms. The summed E-state index contributed by atoms with van der Waals surface area (Å²) in [6.07, 6.45) is 7.52. The third-order valence-corrected chi connectivity index (χ3v) is 5.14. The molecule has 0 radical (unpaired) electrons. The van der Waals surface area contributed by atoms with Gasteiger partial charge in [0.25, 0.3) is 0 Å². The first-order chi connectivity index (χ1) is 13.7. The van der Waals surface area contributed by atoms with Crippen molar-refractivity contribution in [3.63, 3.8) is 0 Å². The molecule has 4 nitrogen and oxygen atoms in total. The van der Waals surface area contributed by atoms with E-state index in [2.05, 4.69) is 58.6 Å². The molecule has 1 aromatic heterocycles. The van der Waals surface area contributed by atoms with Crippen molar-refractivity contribution in [2.75, 3.05) is 18.0 Å². The molecule has 3 rings (SSSR count). The highest BCUT2D eigenvalue weighted by molar-refractivity contribution is 6.30. The second-order valence-electron chi connectivity index (χ2n) is 6.83. The quantitative estimate of drug-likeness (QED) is 0.454. The van der Waals surface area contributed by atoms with E-state index < -0.39 is 0 Å². The minimum absolute atomic E-state index is 0.0526. The molecule has 3 aromatic rings. The van der Waals surface area contributed by atoms with Crippen molar-refractivity contribution in [2.24, 2.45) is 0 Å². The van der Waals surface area contributed by atoms with E-state index >= 15 is 0 Å². The van der Waals surface area contributed by atoms with E-state index in [1.54, 1.807) is 6.20 Å².